The van der Waals surface area contributed by atoms with Crippen LogP contribution in [0.1, 0.15) is 0 Å². The number of aromatic amines is 1. The normalized spacial score (nSPS) is 11.5. The van der Waals surface area contributed by atoms with Crippen LogP contribution in [-0.2, 0) is 7.05 Å². The average Bonchev–Trinajstić information content (AvgIpc) is 3.01. The number of nitrogens with one attached hydrogen (secondary N) is 1. The van der Waals surface area contributed by atoms with Gasteiger partial charge in [-0.1, -0.05) is 29.8 Å². The van der Waals surface area contributed by atoms with Gasteiger partial charge < -0.3 is 15.3 Å². The minimum atomic E-state index is 0.371. The quantitative estimate of drug-likeness (QED) is 0.589. The van der Waals surface area contributed by atoms with Crippen molar-refractivity contribution in [3.8, 4) is 0 Å². The van der Waals surface area contributed by atoms with E-state index in [1.165, 1.54) is 18.1 Å². The molecule has 0 amide bonds. The number of hydrogen-bond acceptors (Lipinski definition) is 5. The maximum atomic E-state index is 6.45. The average molecular weight is 331 g/mol. The SMILES string of the molecule is Cn1c(Sc2[nH]c3ccccc3c2Cl)nc2c(N)ncnc21. The molecule has 3 aromatic heterocycles. The van der Waals surface area contributed by atoms with Crippen molar-refractivity contribution in [3.63, 3.8) is 0 Å². The van der Waals surface area contributed by atoms with Gasteiger partial charge in [0.15, 0.2) is 22.1 Å². The molecule has 0 aliphatic heterocycles. The number of anilines is 1. The molecule has 0 fully saturated rings. The standard InChI is InChI=1S/C14H11ClN6S/c1-21-12-10(11(16)17-6-18-12)20-14(21)22-13-9(15)7-4-2-3-5-8(7)19-13/h2-6,19H,1H3,(H2,16,17,18). The maximum absolute atomic E-state index is 6.45. The molecule has 0 spiro atoms. The molecule has 0 unspecified atom stereocenters. The van der Waals surface area contributed by atoms with Gasteiger partial charge in [-0.3, -0.25) is 0 Å². The van der Waals surface area contributed by atoms with Gasteiger partial charge >= 0.3 is 0 Å². The van der Waals surface area contributed by atoms with Crippen molar-refractivity contribution in [2.75, 3.05) is 5.73 Å². The van der Waals surface area contributed by atoms with E-state index < -0.39 is 0 Å². The topological polar surface area (TPSA) is 85.4 Å². The molecule has 0 saturated heterocycles. The molecular weight excluding hydrogens is 320 g/mol. The number of aromatic nitrogens is 5. The Labute approximate surface area is 134 Å². The first-order valence-corrected chi connectivity index (χ1v) is 7.71. The zero-order valence-corrected chi connectivity index (χ0v) is 13.1. The Morgan fingerprint density at radius 3 is 2.86 bits per heavy atom. The molecule has 4 aromatic rings. The van der Waals surface area contributed by atoms with Crippen LogP contribution in [0.3, 0.4) is 0 Å². The number of para-hydroxylation sites is 1. The van der Waals surface area contributed by atoms with Crippen LogP contribution in [0, 0.1) is 0 Å². The second-order valence-corrected chi connectivity index (χ2v) is 6.16. The molecule has 0 saturated carbocycles. The van der Waals surface area contributed by atoms with Gasteiger partial charge in [-0.2, -0.15) is 0 Å². The summed E-state index contributed by atoms with van der Waals surface area (Å²) in [5, 5.41) is 3.26. The lowest BCUT2D eigenvalue weighted by molar-refractivity contribution is 0.804. The molecular formula is C14H11ClN6S. The van der Waals surface area contributed by atoms with Crippen LogP contribution in [0.5, 0.6) is 0 Å². The number of benzene rings is 1. The molecule has 8 heteroatoms. The highest BCUT2D eigenvalue weighted by atomic mass is 35.5. The Balaban J connectivity index is 1.84. The number of nitrogen functional groups attached to an aromatic ring is 1. The van der Waals surface area contributed by atoms with Gasteiger partial charge in [0.1, 0.15) is 6.33 Å². The monoisotopic (exact) mass is 330 g/mol. The number of aryl methyl sites for hydroxylation is 1. The smallest absolute Gasteiger partial charge is 0.176 e. The van der Waals surface area contributed by atoms with Crippen molar-refractivity contribution in [2.45, 2.75) is 10.2 Å². The predicted molar refractivity (Wildman–Crippen MR) is 88.1 cm³/mol. The first-order chi connectivity index (χ1) is 10.6. The van der Waals surface area contributed by atoms with Crippen LogP contribution in [0.15, 0.2) is 40.8 Å². The third kappa shape index (κ3) is 1.93. The second-order valence-electron chi connectivity index (χ2n) is 4.80. The minimum Gasteiger partial charge on any atom is -0.382 e. The van der Waals surface area contributed by atoms with Crippen LogP contribution in [0.25, 0.3) is 22.1 Å². The molecule has 0 atom stereocenters. The Kier molecular flexibility index (Phi) is 2.98. The third-order valence-electron chi connectivity index (χ3n) is 3.45. The first kappa shape index (κ1) is 13.4. The molecule has 3 N–H and O–H groups in total. The summed E-state index contributed by atoms with van der Waals surface area (Å²) >= 11 is 7.89. The number of nitrogens with zero attached hydrogens (tertiary/aromatic N) is 4. The van der Waals surface area contributed by atoms with Gasteiger partial charge in [-0.25, -0.2) is 15.0 Å². The van der Waals surface area contributed by atoms with Crippen molar-refractivity contribution in [1.82, 2.24) is 24.5 Å². The molecule has 22 heavy (non-hydrogen) atoms. The van der Waals surface area contributed by atoms with E-state index >= 15 is 0 Å². The molecule has 0 aliphatic rings. The molecule has 4 rings (SSSR count). The van der Waals surface area contributed by atoms with E-state index in [0.717, 1.165) is 21.1 Å². The minimum absolute atomic E-state index is 0.371. The Bertz CT molecular complexity index is 1010. The predicted octanol–water partition coefficient (Wildman–Crippen LogP) is 3.23. The van der Waals surface area contributed by atoms with E-state index in [4.69, 9.17) is 17.3 Å². The summed E-state index contributed by atoms with van der Waals surface area (Å²) in [6.45, 7) is 0. The number of hydrogen-bond donors (Lipinski definition) is 2. The summed E-state index contributed by atoms with van der Waals surface area (Å²) in [4.78, 5) is 16.0. The molecule has 3 heterocycles. The van der Waals surface area contributed by atoms with Crippen LogP contribution in [-0.4, -0.2) is 24.5 Å². The summed E-state index contributed by atoms with van der Waals surface area (Å²) in [6, 6.07) is 7.90. The van der Waals surface area contributed by atoms with Gasteiger partial charge in [-0.05, 0) is 17.8 Å². The molecule has 6 nitrogen and oxygen atoms in total. The van der Waals surface area contributed by atoms with Crippen molar-refractivity contribution in [3.05, 3.63) is 35.6 Å². The number of fused-ring (bicyclic) bond motifs is 2. The number of halogens is 1. The fourth-order valence-electron chi connectivity index (χ4n) is 2.33. The summed E-state index contributed by atoms with van der Waals surface area (Å²) in [6.07, 6.45) is 1.43. The highest BCUT2D eigenvalue weighted by molar-refractivity contribution is 7.99. The summed E-state index contributed by atoms with van der Waals surface area (Å²) < 4.78 is 1.87. The fourth-order valence-corrected chi connectivity index (χ4v) is 3.56. The van der Waals surface area contributed by atoms with Gasteiger partial charge in [-0.15, -0.1) is 0 Å². The highest BCUT2D eigenvalue weighted by Gasteiger charge is 2.16. The van der Waals surface area contributed by atoms with Crippen molar-refractivity contribution in [2.24, 2.45) is 7.05 Å². The van der Waals surface area contributed by atoms with Gasteiger partial charge in [0.05, 0.1) is 10.0 Å². The van der Waals surface area contributed by atoms with E-state index in [0.29, 0.717) is 22.0 Å². The molecule has 110 valence electrons. The van der Waals surface area contributed by atoms with Crippen molar-refractivity contribution < 1.29 is 0 Å². The van der Waals surface area contributed by atoms with Gasteiger partial charge in [0.25, 0.3) is 0 Å². The van der Waals surface area contributed by atoms with E-state index in [-0.39, 0.29) is 0 Å². The Hall–Kier alpha value is -2.25. The lowest BCUT2D eigenvalue weighted by Crippen LogP contribution is -1.95. The number of imidazole rings is 1. The number of nitrogens with two attached hydrogens (primary N) is 1. The molecule has 1 aromatic carbocycles. The zero-order chi connectivity index (χ0) is 15.3. The highest BCUT2D eigenvalue weighted by Crippen LogP contribution is 2.37. The van der Waals surface area contributed by atoms with Crippen molar-refractivity contribution in [1.29, 1.82) is 0 Å². The second kappa shape index (κ2) is 4.89. The van der Waals surface area contributed by atoms with E-state index in [2.05, 4.69) is 19.9 Å². The summed E-state index contributed by atoms with van der Waals surface area (Å²) in [5.41, 5.74) is 8.14. The van der Waals surface area contributed by atoms with Crippen LogP contribution in [0.2, 0.25) is 5.02 Å². The van der Waals surface area contributed by atoms with Crippen LogP contribution < -0.4 is 5.73 Å². The van der Waals surface area contributed by atoms with E-state index in [9.17, 15) is 0 Å². The first-order valence-electron chi connectivity index (χ1n) is 6.52. The maximum Gasteiger partial charge on any atom is 0.176 e. The summed E-state index contributed by atoms with van der Waals surface area (Å²) in [5.74, 6) is 0.371. The lowest BCUT2D eigenvalue weighted by atomic mass is 10.2. The molecule has 0 radical (unpaired) electrons. The van der Waals surface area contributed by atoms with Crippen molar-refractivity contribution >= 4 is 51.2 Å². The summed E-state index contributed by atoms with van der Waals surface area (Å²) in [7, 11) is 1.89. The third-order valence-corrected chi connectivity index (χ3v) is 5.01. The zero-order valence-electron chi connectivity index (χ0n) is 11.5. The Morgan fingerprint density at radius 2 is 2.09 bits per heavy atom. The fraction of sp³-hybridized carbons (Fsp3) is 0.0714. The van der Waals surface area contributed by atoms with Crippen LogP contribution in [0.4, 0.5) is 5.82 Å². The van der Waals surface area contributed by atoms with E-state index in [1.54, 1.807) is 0 Å². The van der Waals surface area contributed by atoms with Gasteiger partial charge in [0.2, 0.25) is 0 Å². The van der Waals surface area contributed by atoms with Gasteiger partial charge in [0, 0.05) is 18.0 Å². The molecule has 0 bridgehead atoms. The number of H-pyrrole nitrogens is 1. The Morgan fingerprint density at radius 1 is 1.27 bits per heavy atom. The number of rotatable bonds is 2. The van der Waals surface area contributed by atoms with Crippen LogP contribution >= 0.6 is 23.4 Å². The van der Waals surface area contributed by atoms with E-state index in [1.807, 2.05) is 35.9 Å². The largest absolute Gasteiger partial charge is 0.382 e. The molecule has 0 aliphatic carbocycles. The lowest BCUT2D eigenvalue weighted by Gasteiger charge is -2.00.